The summed E-state index contributed by atoms with van der Waals surface area (Å²) in [5.41, 5.74) is 3.45. The van der Waals surface area contributed by atoms with E-state index in [0.717, 1.165) is 43.3 Å². The van der Waals surface area contributed by atoms with Crippen molar-refractivity contribution >= 4 is 17.7 Å². The normalized spacial score (nSPS) is 29.7. The number of nitrogens with one attached hydrogen (secondary N) is 2. The largest absolute Gasteiger partial charge is 0.492 e. The van der Waals surface area contributed by atoms with Crippen molar-refractivity contribution in [2.75, 3.05) is 32.8 Å². The number of amides is 3. The first kappa shape index (κ1) is 21.8. The number of ether oxygens (including phenoxy) is 1. The molecule has 1 saturated carbocycles. The third kappa shape index (κ3) is 3.29. The zero-order chi connectivity index (χ0) is 23.8. The maximum atomic E-state index is 13.2. The number of hydrogen-bond donors (Lipinski definition) is 2. The van der Waals surface area contributed by atoms with Crippen LogP contribution in [0.25, 0.3) is 0 Å². The maximum absolute atomic E-state index is 13.2. The number of fused-ring (bicyclic) bond motifs is 4. The second kappa shape index (κ2) is 7.77. The average molecular weight is 479 g/mol. The van der Waals surface area contributed by atoms with E-state index in [2.05, 4.69) is 21.6 Å². The van der Waals surface area contributed by atoms with E-state index < -0.39 is 6.04 Å². The summed E-state index contributed by atoms with van der Waals surface area (Å²) >= 11 is 0. The van der Waals surface area contributed by atoms with Gasteiger partial charge in [0.2, 0.25) is 11.8 Å². The summed E-state index contributed by atoms with van der Waals surface area (Å²) in [7, 11) is 0. The lowest BCUT2D eigenvalue weighted by molar-refractivity contribution is -0.136. The first-order valence-corrected chi connectivity index (χ1v) is 13.4. The molecule has 0 bridgehead atoms. The number of imide groups is 1. The Morgan fingerprint density at radius 2 is 1.77 bits per heavy atom. The summed E-state index contributed by atoms with van der Waals surface area (Å²) in [6.45, 7) is 5.64. The van der Waals surface area contributed by atoms with E-state index in [1.165, 1.54) is 44.3 Å². The highest BCUT2D eigenvalue weighted by Gasteiger charge is 2.51. The zero-order valence-corrected chi connectivity index (χ0v) is 20.2. The van der Waals surface area contributed by atoms with Crippen LogP contribution in [0.4, 0.5) is 0 Å². The molecule has 35 heavy (non-hydrogen) atoms. The number of rotatable bonds is 2. The van der Waals surface area contributed by atoms with Crippen LogP contribution in [-0.2, 0) is 21.5 Å². The Hall–Kier alpha value is -2.45. The summed E-state index contributed by atoms with van der Waals surface area (Å²) in [6, 6.07) is 4.20. The molecule has 7 rings (SSSR count). The Labute approximate surface area is 205 Å². The number of likely N-dealkylation sites (tertiary alicyclic amines) is 1. The standard InChI is InChI=1S/C27H34N4O4/c32-22-4-3-21(24(33)29-22)31-15-19-18(25(31)34)1-2-20-23(19)35-16-27(20)7-11-30(12-8-27)17-13-26(14-17)5-9-28-10-6-26/h1-2,17,21,28H,3-16H2,(H,29,32,33)/t21-/m0/s1. The van der Waals surface area contributed by atoms with Crippen LogP contribution in [0.1, 0.15) is 72.9 Å². The van der Waals surface area contributed by atoms with Gasteiger partial charge in [0.1, 0.15) is 11.8 Å². The summed E-state index contributed by atoms with van der Waals surface area (Å²) in [4.78, 5) is 41.5. The molecule has 3 saturated heterocycles. The molecule has 2 spiro atoms. The molecule has 1 aromatic carbocycles. The van der Waals surface area contributed by atoms with Gasteiger partial charge in [0, 0.05) is 34.6 Å². The highest BCUT2D eigenvalue weighted by molar-refractivity contribution is 6.05. The number of piperidine rings is 3. The molecule has 0 aromatic heterocycles. The fourth-order valence-corrected chi connectivity index (χ4v) is 7.78. The van der Waals surface area contributed by atoms with Crippen LogP contribution in [-0.4, -0.2) is 72.4 Å². The van der Waals surface area contributed by atoms with Crippen LogP contribution in [0.5, 0.6) is 5.75 Å². The minimum atomic E-state index is -0.590. The van der Waals surface area contributed by atoms with Crippen molar-refractivity contribution in [2.45, 2.75) is 75.4 Å². The van der Waals surface area contributed by atoms with Crippen molar-refractivity contribution in [3.8, 4) is 5.75 Å². The number of carbonyl (C=O) groups is 3. The van der Waals surface area contributed by atoms with Gasteiger partial charge in [0.15, 0.2) is 0 Å². The monoisotopic (exact) mass is 478 g/mol. The van der Waals surface area contributed by atoms with Gasteiger partial charge in [0.25, 0.3) is 5.91 Å². The van der Waals surface area contributed by atoms with E-state index in [9.17, 15) is 14.4 Å². The minimum Gasteiger partial charge on any atom is -0.492 e. The number of nitrogens with zero attached hydrogens (tertiary/aromatic N) is 2. The van der Waals surface area contributed by atoms with Crippen molar-refractivity contribution in [1.82, 2.24) is 20.4 Å². The van der Waals surface area contributed by atoms with Gasteiger partial charge in [0.05, 0.1) is 13.2 Å². The van der Waals surface area contributed by atoms with Gasteiger partial charge in [-0.25, -0.2) is 0 Å². The van der Waals surface area contributed by atoms with Crippen molar-refractivity contribution in [2.24, 2.45) is 5.41 Å². The SMILES string of the molecule is O=C1CC[C@H](N2Cc3c(ccc4c3OCC43CCN(C4CC5(CCNCC5)C4)CC3)C2=O)C(=O)N1. The van der Waals surface area contributed by atoms with E-state index in [0.29, 0.717) is 30.6 Å². The van der Waals surface area contributed by atoms with Crippen molar-refractivity contribution in [3.63, 3.8) is 0 Å². The van der Waals surface area contributed by atoms with Gasteiger partial charge < -0.3 is 19.9 Å². The fraction of sp³-hybridized carbons (Fsp3) is 0.667. The van der Waals surface area contributed by atoms with Gasteiger partial charge in [-0.15, -0.1) is 0 Å². The quantitative estimate of drug-likeness (QED) is 0.629. The Morgan fingerprint density at radius 3 is 2.51 bits per heavy atom. The molecule has 5 heterocycles. The molecule has 4 fully saturated rings. The first-order valence-electron chi connectivity index (χ1n) is 13.4. The van der Waals surface area contributed by atoms with Crippen molar-refractivity contribution in [3.05, 3.63) is 28.8 Å². The molecule has 3 amide bonds. The van der Waals surface area contributed by atoms with Crippen molar-refractivity contribution < 1.29 is 19.1 Å². The predicted molar refractivity (Wildman–Crippen MR) is 128 cm³/mol. The van der Waals surface area contributed by atoms with E-state index in [1.807, 2.05) is 6.07 Å². The highest BCUT2D eigenvalue weighted by atomic mass is 16.5. The molecular weight excluding hydrogens is 444 g/mol. The lowest BCUT2D eigenvalue weighted by Crippen LogP contribution is -2.57. The van der Waals surface area contributed by atoms with Gasteiger partial charge in [-0.2, -0.15) is 0 Å². The lowest BCUT2D eigenvalue weighted by atomic mass is 9.59. The summed E-state index contributed by atoms with van der Waals surface area (Å²) < 4.78 is 6.33. The molecule has 1 atom stereocenters. The first-order chi connectivity index (χ1) is 17.0. The topological polar surface area (TPSA) is 91.0 Å². The summed E-state index contributed by atoms with van der Waals surface area (Å²) in [5.74, 6) is 0.108. The summed E-state index contributed by atoms with van der Waals surface area (Å²) in [5, 5.41) is 5.89. The molecule has 0 radical (unpaired) electrons. The molecule has 6 aliphatic rings. The number of carbonyl (C=O) groups excluding carboxylic acids is 3. The number of benzene rings is 1. The minimum absolute atomic E-state index is 0.0299. The fourth-order valence-electron chi connectivity index (χ4n) is 7.78. The van der Waals surface area contributed by atoms with Crippen molar-refractivity contribution in [1.29, 1.82) is 0 Å². The summed E-state index contributed by atoms with van der Waals surface area (Å²) in [6.07, 6.45) is 8.23. The number of hydrogen-bond acceptors (Lipinski definition) is 6. The van der Waals surface area contributed by atoms with Crippen LogP contribution >= 0.6 is 0 Å². The van der Waals surface area contributed by atoms with Gasteiger partial charge in [-0.05, 0) is 82.6 Å². The smallest absolute Gasteiger partial charge is 0.255 e. The third-order valence-electron chi connectivity index (χ3n) is 10.0. The van der Waals surface area contributed by atoms with Crippen LogP contribution in [0.2, 0.25) is 0 Å². The van der Waals surface area contributed by atoms with Crippen LogP contribution < -0.4 is 15.4 Å². The third-order valence-corrected chi connectivity index (χ3v) is 10.0. The van der Waals surface area contributed by atoms with Crippen LogP contribution in [0.3, 0.4) is 0 Å². The van der Waals surface area contributed by atoms with E-state index >= 15 is 0 Å². The highest BCUT2D eigenvalue weighted by Crippen LogP contribution is 2.53. The van der Waals surface area contributed by atoms with Gasteiger partial charge >= 0.3 is 0 Å². The second-order valence-corrected chi connectivity index (χ2v) is 11.8. The molecule has 1 aromatic rings. The maximum Gasteiger partial charge on any atom is 0.255 e. The zero-order valence-electron chi connectivity index (χ0n) is 20.2. The molecule has 0 unspecified atom stereocenters. The van der Waals surface area contributed by atoms with Crippen LogP contribution in [0, 0.1) is 5.41 Å². The Kier molecular flexibility index (Phi) is 4.84. The van der Waals surface area contributed by atoms with Gasteiger partial charge in [-0.3, -0.25) is 19.7 Å². The molecular formula is C27H34N4O4. The Bertz CT molecular complexity index is 1090. The van der Waals surface area contributed by atoms with Crippen LogP contribution in [0.15, 0.2) is 12.1 Å². The molecule has 5 aliphatic heterocycles. The molecule has 1 aliphatic carbocycles. The molecule has 8 heteroatoms. The van der Waals surface area contributed by atoms with E-state index in [4.69, 9.17) is 4.74 Å². The Morgan fingerprint density at radius 1 is 1.00 bits per heavy atom. The van der Waals surface area contributed by atoms with E-state index in [-0.39, 0.29) is 29.6 Å². The predicted octanol–water partition coefficient (Wildman–Crippen LogP) is 1.71. The molecule has 186 valence electrons. The Balaban J connectivity index is 1.06. The molecule has 2 N–H and O–H groups in total. The molecule has 8 nitrogen and oxygen atoms in total. The lowest BCUT2D eigenvalue weighted by Gasteiger charge is -2.55. The second-order valence-electron chi connectivity index (χ2n) is 11.8. The van der Waals surface area contributed by atoms with Gasteiger partial charge in [-0.1, -0.05) is 6.07 Å². The average Bonchev–Trinajstić information content (AvgIpc) is 3.37. The van der Waals surface area contributed by atoms with E-state index in [1.54, 1.807) is 4.90 Å².